The topological polar surface area (TPSA) is 60.2 Å². The summed E-state index contributed by atoms with van der Waals surface area (Å²) >= 11 is 0. The normalized spacial score (nSPS) is 14.0. The fraction of sp³-hybridized carbons (Fsp3) is 0.250. The molecule has 0 saturated heterocycles. The first kappa shape index (κ1) is 25.6. The number of benzene rings is 2. The minimum atomic E-state index is -6.24. The Bertz CT molecular complexity index is 1070. The second kappa shape index (κ2) is 7.45. The fourth-order valence-electron chi connectivity index (χ4n) is 2.56. The lowest BCUT2D eigenvalue weighted by atomic mass is 10.1. The summed E-state index contributed by atoms with van der Waals surface area (Å²) in [5.74, 6) is 0. The van der Waals surface area contributed by atoms with Crippen LogP contribution in [0.2, 0.25) is 0 Å². The van der Waals surface area contributed by atoms with Gasteiger partial charge in [-0.25, -0.2) is 8.42 Å². The molecule has 0 aliphatic carbocycles. The molecule has 0 aliphatic heterocycles. The molecule has 0 spiro atoms. The number of hydrogen-bond donors (Lipinski definition) is 1. The van der Waals surface area contributed by atoms with Crippen molar-refractivity contribution in [1.29, 1.82) is 0 Å². The van der Waals surface area contributed by atoms with E-state index in [9.17, 15) is 61.1 Å². The van der Waals surface area contributed by atoms with Crippen LogP contribution in [0.15, 0.2) is 40.1 Å². The molecular formula is C16H7F12NO2S. The molecule has 2 N–H and O–H groups in total. The molecule has 0 radical (unpaired) electrons. The SMILES string of the molecule is Nc1cc(C(F)(F)F)c(S(=O)(=O)c2cc(C(F)(F)F)cc(C(F)(F)F)c2)c(C(F)(F)F)c1. The van der Waals surface area contributed by atoms with Gasteiger partial charge in [0, 0.05) is 5.69 Å². The predicted octanol–water partition coefficient (Wildman–Crippen LogP) is 6.18. The molecule has 16 heteroatoms. The maximum Gasteiger partial charge on any atom is 0.417 e. The molecule has 2 aromatic carbocycles. The number of nitrogens with two attached hydrogens (primary N) is 1. The summed E-state index contributed by atoms with van der Waals surface area (Å²) in [5, 5.41) is 0. The Morgan fingerprint density at radius 1 is 0.562 bits per heavy atom. The fourth-order valence-corrected chi connectivity index (χ4v) is 4.29. The Balaban J connectivity index is 3.06. The second-order valence-electron chi connectivity index (χ2n) is 6.19. The minimum absolute atomic E-state index is 0.236. The third kappa shape index (κ3) is 5.05. The first-order valence-electron chi connectivity index (χ1n) is 7.68. The molecule has 0 aromatic heterocycles. The molecule has 32 heavy (non-hydrogen) atoms. The van der Waals surface area contributed by atoms with Crippen molar-refractivity contribution in [2.75, 3.05) is 5.73 Å². The summed E-state index contributed by atoms with van der Waals surface area (Å²) in [5.41, 5.74) is -5.79. The molecule has 0 aliphatic rings. The Hall–Kier alpha value is -2.65. The number of rotatable bonds is 2. The number of sulfone groups is 1. The van der Waals surface area contributed by atoms with Crippen LogP contribution in [-0.2, 0) is 34.5 Å². The number of hydrogen-bond acceptors (Lipinski definition) is 3. The molecule has 0 bridgehead atoms. The highest BCUT2D eigenvalue weighted by molar-refractivity contribution is 7.91. The van der Waals surface area contributed by atoms with Crippen molar-refractivity contribution >= 4 is 15.5 Å². The zero-order valence-corrected chi connectivity index (χ0v) is 15.5. The molecule has 0 unspecified atom stereocenters. The van der Waals surface area contributed by atoms with E-state index in [0.29, 0.717) is 0 Å². The lowest BCUT2D eigenvalue weighted by Crippen LogP contribution is -2.22. The Kier molecular flexibility index (Phi) is 5.96. The predicted molar refractivity (Wildman–Crippen MR) is 82.8 cm³/mol. The highest BCUT2D eigenvalue weighted by atomic mass is 32.2. The van der Waals surface area contributed by atoms with E-state index in [0.717, 1.165) is 0 Å². The van der Waals surface area contributed by atoms with E-state index in [-0.39, 0.29) is 12.1 Å². The van der Waals surface area contributed by atoms with E-state index in [2.05, 4.69) is 0 Å². The Morgan fingerprint density at radius 3 is 1.19 bits per heavy atom. The van der Waals surface area contributed by atoms with E-state index >= 15 is 0 Å². The molecular weight excluding hydrogens is 498 g/mol. The zero-order chi connectivity index (χ0) is 25.1. The van der Waals surface area contributed by atoms with Gasteiger partial charge in [0.25, 0.3) is 0 Å². The van der Waals surface area contributed by atoms with Crippen molar-refractivity contribution in [2.45, 2.75) is 34.5 Å². The average molecular weight is 505 g/mol. The summed E-state index contributed by atoms with van der Waals surface area (Å²) in [6, 6.07) is -2.01. The van der Waals surface area contributed by atoms with Crippen LogP contribution < -0.4 is 5.73 Å². The van der Waals surface area contributed by atoms with Crippen molar-refractivity contribution in [2.24, 2.45) is 0 Å². The highest BCUT2D eigenvalue weighted by Crippen LogP contribution is 2.46. The quantitative estimate of drug-likeness (QED) is 0.392. The second-order valence-corrected chi connectivity index (χ2v) is 8.07. The van der Waals surface area contributed by atoms with Gasteiger partial charge < -0.3 is 5.73 Å². The van der Waals surface area contributed by atoms with E-state index in [1.807, 2.05) is 0 Å². The number of nitrogen functional groups attached to an aromatic ring is 1. The van der Waals surface area contributed by atoms with Crippen molar-refractivity contribution in [3.8, 4) is 0 Å². The van der Waals surface area contributed by atoms with Gasteiger partial charge in [-0.1, -0.05) is 0 Å². The maximum atomic E-state index is 13.3. The molecule has 0 fully saturated rings. The first-order chi connectivity index (χ1) is 14.1. The van der Waals surface area contributed by atoms with Gasteiger partial charge >= 0.3 is 24.7 Å². The van der Waals surface area contributed by atoms with Crippen LogP contribution in [0, 0.1) is 0 Å². The van der Waals surface area contributed by atoms with Gasteiger partial charge in [0.05, 0.1) is 32.0 Å². The zero-order valence-electron chi connectivity index (χ0n) is 14.7. The van der Waals surface area contributed by atoms with Crippen LogP contribution in [0.4, 0.5) is 58.4 Å². The number of anilines is 1. The number of alkyl halides is 12. The van der Waals surface area contributed by atoms with Crippen molar-refractivity contribution < 1.29 is 61.1 Å². The van der Waals surface area contributed by atoms with E-state index in [1.54, 1.807) is 0 Å². The maximum absolute atomic E-state index is 13.3. The lowest BCUT2D eigenvalue weighted by Gasteiger charge is -2.21. The first-order valence-corrected chi connectivity index (χ1v) is 9.17. The summed E-state index contributed by atoms with van der Waals surface area (Å²) in [6.45, 7) is 0. The van der Waals surface area contributed by atoms with Gasteiger partial charge in [-0.2, -0.15) is 52.7 Å². The summed E-state index contributed by atoms with van der Waals surface area (Å²) in [4.78, 5) is -4.67. The monoisotopic (exact) mass is 505 g/mol. The van der Waals surface area contributed by atoms with E-state index in [1.165, 1.54) is 0 Å². The largest absolute Gasteiger partial charge is 0.417 e. The molecule has 2 rings (SSSR count). The van der Waals surface area contributed by atoms with Crippen molar-refractivity contribution in [3.63, 3.8) is 0 Å². The van der Waals surface area contributed by atoms with Gasteiger partial charge in [-0.15, -0.1) is 0 Å². The Labute approximate surface area is 170 Å². The van der Waals surface area contributed by atoms with Crippen molar-refractivity contribution in [3.05, 3.63) is 52.6 Å². The smallest absolute Gasteiger partial charge is 0.399 e. The van der Waals surface area contributed by atoms with Crippen molar-refractivity contribution in [1.82, 2.24) is 0 Å². The summed E-state index contributed by atoms with van der Waals surface area (Å²) in [6.07, 6.45) is -22.9. The number of halogens is 12. The van der Waals surface area contributed by atoms with Crippen LogP contribution in [0.25, 0.3) is 0 Å². The lowest BCUT2D eigenvalue weighted by molar-refractivity contribution is -0.148. The third-order valence-corrected chi connectivity index (χ3v) is 5.70. The summed E-state index contributed by atoms with van der Waals surface area (Å²) < 4.78 is 183. The average Bonchev–Trinajstić information content (AvgIpc) is 2.57. The molecule has 178 valence electrons. The molecule has 0 heterocycles. The van der Waals surface area contributed by atoms with Gasteiger partial charge in [-0.3, -0.25) is 0 Å². The summed E-state index contributed by atoms with van der Waals surface area (Å²) in [7, 11) is -6.24. The minimum Gasteiger partial charge on any atom is -0.399 e. The van der Waals surface area contributed by atoms with Gasteiger partial charge in [0.2, 0.25) is 9.84 Å². The van der Waals surface area contributed by atoms with Crippen LogP contribution in [0.3, 0.4) is 0 Å². The van der Waals surface area contributed by atoms with Gasteiger partial charge in [0.15, 0.2) is 0 Å². The molecule has 0 atom stereocenters. The molecule has 2 aromatic rings. The van der Waals surface area contributed by atoms with Crippen LogP contribution >= 0.6 is 0 Å². The molecule has 0 amide bonds. The highest BCUT2D eigenvalue weighted by Gasteiger charge is 2.47. The van der Waals surface area contributed by atoms with Gasteiger partial charge in [-0.05, 0) is 30.3 Å². The third-order valence-electron chi connectivity index (χ3n) is 3.86. The van der Waals surface area contributed by atoms with Gasteiger partial charge in [0.1, 0.15) is 0 Å². The van der Waals surface area contributed by atoms with E-state index < -0.39 is 90.5 Å². The molecule has 0 saturated carbocycles. The molecule has 3 nitrogen and oxygen atoms in total. The Morgan fingerprint density at radius 2 is 0.906 bits per heavy atom. The van der Waals surface area contributed by atoms with E-state index in [4.69, 9.17) is 5.73 Å². The standard InChI is InChI=1S/C16H7F12NO2S/c17-13(18,19)6-1-7(14(20,21)22)3-9(2-6)32(30,31)12-10(15(23,24)25)4-8(29)5-11(12)16(26,27)28/h1-5H,29H2. The van der Waals surface area contributed by atoms with Crippen LogP contribution in [0.5, 0.6) is 0 Å². The van der Waals surface area contributed by atoms with Crippen LogP contribution in [0.1, 0.15) is 22.3 Å². The van der Waals surface area contributed by atoms with Crippen LogP contribution in [-0.4, -0.2) is 8.42 Å².